The lowest BCUT2D eigenvalue weighted by atomic mass is 10.1. The topological polar surface area (TPSA) is 12.0 Å². The molecule has 1 N–H and O–H groups in total. The van der Waals surface area contributed by atoms with Crippen molar-refractivity contribution in [1.29, 1.82) is 0 Å². The molecule has 2 unspecified atom stereocenters. The highest BCUT2D eigenvalue weighted by molar-refractivity contribution is 7.99. The molecule has 0 heterocycles. The SMILES string of the molecule is CSC1CCCC1NCCCc1ccccc1. The van der Waals surface area contributed by atoms with Crippen molar-refractivity contribution in [2.24, 2.45) is 0 Å². The van der Waals surface area contributed by atoms with Gasteiger partial charge in [-0.25, -0.2) is 0 Å². The van der Waals surface area contributed by atoms with Gasteiger partial charge in [0.15, 0.2) is 0 Å². The molecule has 1 fully saturated rings. The Morgan fingerprint density at radius 3 is 2.82 bits per heavy atom. The molecule has 1 saturated carbocycles. The van der Waals surface area contributed by atoms with Crippen LogP contribution in [0.25, 0.3) is 0 Å². The van der Waals surface area contributed by atoms with E-state index in [2.05, 4.69) is 41.9 Å². The molecular weight excluding hydrogens is 226 g/mol. The zero-order valence-corrected chi connectivity index (χ0v) is 11.5. The molecule has 0 amide bonds. The number of nitrogens with one attached hydrogen (secondary N) is 1. The van der Waals surface area contributed by atoms with Crippen LogP contribution in [-0.2, 0) is 6.42 Å². The summed E-state index contributed by atoms with van der Waals surface area (Å²) >= 11 is 2.03. The third kappa shape index (κ3) is 4.04. The standard InChI is InChI=1S/C15H23NS/c1-17-15-11-5-10-14(15)16-12-6-9-13-7-3-2-4-8-13/h2-4,7-8,14-16H,5-6,9-12H2,1H3. The third-order valence-electron chi connectivity index (χ3n) is 3.65. The van der Waals surface area contributed by atoms with E-state index in [1.54, 1.807) is 0 Å². The fourth-order valence-corrected chi connectivity index (χ4v) is 3.63. The molecule has 2 rings (SSSR count). The highest BCUT2D eigenvalue weighted by atomic mass is 32.2. The molecule has 0 aliphatic heterocycles. The van der Waals surface area contributed by atoms with Crippen molar-refractivity contribution in [2.45, 2.75) is 43.4 Å². The summed E-state index contributed by atoms with van der Waals surface area (Å²) in [5, 5.41) is 4.59. The maximum absolute atomic E-state index is 3.73. The van der Waals surface area contributed by atoms with Crippen molar-refractivity contribution in [2.75, 3.05) is 12.8 Å². The van der Waals surface area contributed by atoms with Crippen molar-refractivity contribution in [3.63, 3.8) is 0 Å². The molecule has 1 nitrogen and oxygen atoms in total. The van der Waals surface area contributed by atoms with Gasteiger partial charge >= 0.3 is 0 Å². The molecule has 1 aliphatic rings. The Bertz CT molecular complexity index is 312. The third-order valence-corrected chi connectivity index (χ3v) is 4.82. The smallest absolute Gasteiger partial charge is 0.0198 e. The number of benzene rings is 1. The second kappa shape index (κ2) is 7.07. The number of thioether (sulfide) groups is 1. The van der Waals surface area contributed by atoms with Crippen LogP contribution in [0.2, 0.25) is 0 Å². The first kappa shape index (κ1) is 13.0. The van der Waals surface area contributed by atoms with Crippen LogP contribution in [-0.4, -0.2) is 24.1 Å². The number of aryl methyl sites for hydroxylation is 1. The summed E-state index contributed by atoms with van der Waals surface area (Å²) in [6.45, 7) is 1.16. The maximum atomic E-state index is 3.73. The molecule has 2 atom stereocenters. The van der Waals surface area contributed by atoms with E-state index in [0.29, 0.717) is 0 Å². The second-order valence-corrected chi connectivity index (χ2v) is 5.93. The first-order valence-electron chi connectivity index (χ1n) is 6.70. The van der Waals surface area contributed by atoms with Gasteiger partial charge in [0.25, 0.3) is 0 Å². The van der Waals surface area contributed by atoms with Crippen molar-refractivity contribution in [1.82, 2.24) is 5.32 Å². The van der Waals surface area contributed by atoms with Crippen molar-refractivity contribution >= 4 is 11.8 Å². The molecule has 0 aromatic heterocycles. The van der Waals surface area contributed by atoms with Crippen molar-refractivity contribution in [3.8, 4) is 0 Å². The summed E-state index contributed by atoms with van der Waals surface area (Å²) in [6, 6.07) is 11.6. The molecule has 0 saturated heterocycles. The predicted octanol–water partition coefficient (Wildman–Crippen LogP) is 3.49. The van der Waals surface area contributed by atoms with Gasteiger partial charge in [0.2, 0.25) is 0 Å². The van der Waals surface area contributed by atoms with Gasteiger partial charge in [-0.15, -0.1) is 0 Å². The molecule has 2 heteroatoms. The van der Waals surface area contributed by atoms with Gasteiger partial charge in [0.05, 0.1) is 0 Å². The molecular formula is C15H23NS. The van der Waals surface area contributed by atoms with Crippen molar-refractivity contribution < 1.29 is 0 Å². The van der Waals surface area contributed by atoms with E-state index in [-0.39, 0.29) is 0 Å². The average Bonchev–Trinajstić information content (AvgIpc) is 2.83. The van der Waals surface area contributed by atoms with E-state index in [0.717, 1.165) is 17.8 Å². The van der Waals surface area contributed by atoms with Crippen LogP contribution in [0.1, 0.15) is 31.2 Å². The van der Waals surface area contributed by atoms with E-state index in [1.807, 2.05) is 11.8 Å². The Balaban J connectivity index is 1.63. The number of rotatable bonds is 6. The fraction of sp³-hybridized carbons (Fsp3) is 0.600. The number of hydrogen-bond donors (Lipinski definition) is 1. The van der Waals surface area contributed by atoms with Crippen LogP contribution < -0.4 is 5.32 Å². The normalized spacial score (nSPS) is 24.1. The van der Waals surface area contributed by atoms with E-state index >= 15 is 0 Å². The van der Waals surface area contributed by atoms with Gasteiger partial charge in [-0.1, -0.05) is 36.8 Å². The first-order valence-corrected chi connectivity index (χ1v) is 7.99. The summed E-state index contributed by atoms with van der Waals surface area (Å²) in [7, 11) is 0. The second-order valence-electron chi connectivity index (χ2n) is 4.85. The minimum absolute atomic E-state index is 0.765. The van der Waals surface area contributed by atoms with Crippen LogP contribution >= 0.6 is 11.8 Å². The van der Waals surface area contributed by atoms with Gasteiger partial charge in [0, 0.05) is 11.3 Å². The van der Waals surface area contributed by atoms with E-state index in [1.165, 1.54) is 37.7 Å². The lowest BCUT2D eigenvalue weighted by Crippen LogP contribution is -2.34. The van der Waals surface area contributed by atoms with Gasteiger partial charge in [-0.3, -0.25) is 0 Å². The highest BCUT2D eigenvalue weighted by Gasteiger charge is 2.25. The minimum Gasteiger partial charge on any atom is -0.313 e. The van der Waals surface area contributed by atoms with E-state index < -0.39 is 0 Å². The van der Waals surface area contributed by atoms with Crippen LogP contribution in [0.5, 0.6) is 0 Å². The van der Waals surface area contributed by atoms with Crippen molar-refractivity contribution in [3.05, 3.63) is 35.9 Å². The van der Waals surface area contributed by atoms with Gasteiger partial charge in [-0.05, 0) is 44.0 Å². The van der Waals surface area contributed by atoms with Crippen LogP contribution in [0.15, 0.2) is 30.3 Å². The molecule has 94 valence electrons. The molecule has 17 heavy (non-hydrogen) atoms. The first-order chi connectivity index (χ1) is 8.40. The molecule has 1 aromatic rings. The Morgan fingerprint density at radius 2 is 2.06 bits per heavy atom. The molecule has 0 spiro atoms. The summed E-state index contributed by atoms with van der Waals surface area (Å²) in [6.07, 6.45) is 8.87. The summed E-state index contributed by atoms with van der Waals surface area (Å²) in [4.78, 5) is 0. The quantitative estimate of drug-likeness (QED) is 0.775. The summed E-state index contributed by atoms with van der Waals surface area (Å²) in [5.74, 6) is 0. The minimum atomic E-state index is 0.765. The zero-order valence-electron chi connectivity index (χ0n) is 10.7. The van der Waals surface area contributed by atoms with E-state index in [4.69, 9.17) is 0 Å². The largest absolute Gasteiger partial charge is 0.313 e. The van der Waals surface area contributed by atoms with Gasteiger partial charge < -0.3 is 5.32 Å². The fourth-order valence-electron chi connectivity index (χ4n) is 2.67. The number of hydrogen-bond acceptors (Lipinski definition) is 2. The summed E-state index contributed by atoms with van der Waals surface area (Å²) < 4.78 is 0. The maximum Gasteiger partial charge on any atom is 0.0198 e. The lowest BCUT2D eigenvalue weighted by Gasteiger charge is -2.19. The lowest BCUT2D eigenvalue weighted by molar-refractivity contribution is 0.522. The predicted molar refractivity (Wildman–Crippen MR) is 77.7 cm³/mol. The van der Waals surface area contributed by atoms with Gasteiger partial charge in [-0.2, -0.15) is 11.8 Å². The highest BCUT2D eigenvalue weighted by Crippen LogP contribution is 2.28. The summed E-state index contributed by atoms with van der Waals surface area (Å²) in [5.41, 5.74) is 1.46. The van der Waals surface area contributed by atoms with E-state index in [9.17, 15) is 0 Å². The monoisotopic (exact) mass is 249 g/mol. The molecule has 0 bridgehead atoms. The Morgan fingerprint density at radius 1 is 1.24 bits per heavy atom. The molecule has 1 aromatic carbocycles. The average molecular weight is 249 g/mol. The Kier molecular flexibility index (Phi) is 5.40. The Labute approximate surface area is 109 Å². The molecule has 0 radical (unpaired) electrons. The molecule has 1 aliphatic carbocycles. The van der Waals surface area contributed by atoms with Crippen LogP contribution in [0.4, 0.5) is 0 Å². The van der Waals surface area contributed by atoms with Gasteiger partial charge in [0.1, 0.15) is 0 Å². The van der Waals surface area contributed by atoms with Crippen LogP contribution in [0, 0.1) is 0 Å². The zero-order chi connectivity index (χ0) is 11.9. The Hall–Kier alpha value is -0.470. The van der Waals surface area contributed by atoms with Crippen LogP contribution in [0.3, 0.4) is 0 Å².